The number of rotatable bonds is 7. The first-order valence-corrected chi connectivity index (χ1v) is 7.35. The fraction of sp³-hybridized carbons (Fsp3) is 0.562. The second kappa shape index (κ2) is 8.00. The molecule has 2 rings (SSSR count). The molecule has 0 unspecified atom stereocenters. The lowest BCUT2D eigenvalue weighted by Gasteiger charge is -2.30. The van der Waals surface area contributed by atoms with Crippen LogP contribution in [0.1, 0.15) is 18.4 Å². The molecule has 0 radical (unpaired) electrons. The summed E-state index contributed by atoms with van der Waals surface area (Å²) in [5, 5.41) is 9.03. The zero-order valence-electron chi connectivity index (χ0n) is 12.5. The molecule has 0 aromatic heterocycles. The maximum absolute atomic E-state index is 11.0. The van der Waals surface area contributed by atoms with Crippen LogP contribution < -0.4 is 4.74 Å². The zero-order chi connectivity index (χ0) is 15.1. The van der Waals surface area contributed by atoms with Gasteiger partial charge >= 0.3 is 5.97 Å². The van der Waals surface area contributed by atoms with E-state index in [0.717, 1.165) is 43.8 Å². The molecule has 116 valence electrons. The van der Waals surface area contributed by atoms with Crippen LogP contribution in [0.5, 0.6) is 5.75 Å². The van der Waals surface area contributed by atoms with Crippen molar-refractivity contribution in [2.75, 3.05) is 33.4 Å². The monoisotopic (exact) mass is 293 g/mol. The molecule has 0 atom stereocenters. The minimum Gasteiger partial charge on any atom is -0.491 e. The van der Waals surface area contributed by atoms with E-state index in [0.29, 0.717) is 13.2 Å². The van der Waals surface area contributed by atoms with Crippen molar-refractivity contribution in [3.63, 3.8) is 0 Å². The van der Waals surface area contributed by atoms with Crippen LogP contribution in [0.3, 0.4) is 0 Å². The molecule has 21 heavy (non-hydrogen) atoms. The standard InChI is InChI=1S/C16H23NO4/c1-20-10-11-21-15-5-3-2-4-14(15)12-17-8-6-13(7-9-17)16(18)19/h2-5,13H,6-12H2,1H3,(H,18,19). The molecule has 1 N–H and O–H groups in total. The average molecular weight is 293 g/mol. The lowest BCUT2D eigenvalue weighted by molar-refractivity contribution is -0.143. The molecule has 1 aliphatic heterocycles. The van der Waals surface area contributed by atoms with Gasteiger partial charge in [-0.1, -0.05) is 18.2 Å². The van der Waals surface area contributed by atoms with E-state index in [1.165, 1.54) is 0 Å². The summed E-state index contributed by atoms with van der Waals surface area (Å²) < 4.78 is 10.7. The number of aliphatic carboxylic acids is 1. The van der Waals surface area contributed by atoms with Crippen molar-refractivity contribution < 1.29 is 19.4 Å². The van der Waals surface area contributed by atoms with Gasteiger partial charge in [0.05, 0.1) is 12.5 Å². The first kappa shape index (κ1) is 15.8. The number of carbonyl (C=O) groups is 1. The van der Waals surface area contributed by atoms with E-state index in [4.69, 9.17) is 14.6 Å². The topological polar surface area (TPSA) is 59.0 Å². The highest BCUT2D eigenvalue weighted by atomic mass is 16.5. The summed E-state index contributed by atoms with van der Waals surface area (Å²) >= 11 is 0. The summed E-state index contributed by atoms with van der Waals surface area (Å²) in [5.41, 5.74) is 1.14. The number of nitrogens with zero attached hydrogens (tertiary/aromatic N) is 1. The van der Waals surface area contributed by atoms with E-state index in [1.807, 2.05) is 18.2 Å². The third-order valence-electron chi connectivity index (χ3n) is 3.85. The number of para-hydroxylation sites is 1. The van der Waals surface area contributed by atoms with Gasteiger partial charge in [0.2, 0.25) is 0 Å². The number of carboxylic acid groups (broad SMARTS) is 1. The Morgan fingerprint density at radius 3 is 2.67 bits per heavy atom. The van der Waals surface area contributed by atoms with Crippen molar-refractivity contribution in [1.29, 1.82) is 0 Å². The van der Waals surface area contributed by atoms with Crippen LogP contribution in [-0.4, -0.2) is 49.4 Å². The van der Waals surface area contributed by atoms with Gasteiger partial charge in [0.25, 0.3) is 0 Å². The molecule has 1 saturated heterocycles. The first-order valence-electron chi connectivity index (χ1n) is 7.35. The second-order valence-electron chi connectivity index (χ2n) is 5.34. The van der Waals surface area contributed by atoms with E-state index in [9.17, 15) is 4.79 Å². The Hall–Kier alpha value is -1.59. The molecule has 0 aliphatic carbocycles. The Morgan fingerprint density at radius 1 is 1.29 bits per heavy atom. The summed E-state index contributed by atoms with van der Waals surface area (Å²) in [6.07, 6.45) is 1.45. The van der Waals surface area contributed by atoms with Gasteiger partial charge in [-0.25, -0.2) is 0 Å². The summed E-state index contributed by atoms with van der Waals surface area (Å²) in [5.74, 6) is 0.0299. The Balaban J connectivity index is 1.89. The molecule has 0 saturated carbocycles. The van der Waals surface area contributed by atoms with Gasteiger partial charge in [0.15, 0.2) is 0 Å². The van der Waals surface area contributed by atoms with E-state index < -0.39 is 5.97 Å². The van der Waals surface area contributed by atoms with E-state index >= 15 is 0 Å². The van der Waals surface area contributed by atoms with Crippen molar-refractivity contribution in [3.05, 3.63) is 29.8 Å². The fourth-order valence-electron chi connectivity index (χ4n) is 2.59. The van der Waals surface area contributed by atoms with Crippen LogP contribution in [0.2, 0.25) is 0 Å². The summed E-state index contributed by atoms with van der Waals surface area (Å²) in [7, 11) is 1.65. The van der Waals surface area contributed by atoms with Crippen LogP contribution in [0.4, 0.5) is 0 Å². The van der Waals surface area contributed by atoms with Gasteiger partial charge in [-0.15, -0.1) is 0 Å². The third kappa shape index (κ3) is 4.72. The van der Waals surface area contributed by atoms with Gasteiger partial charge in [0.1, 0.15) is 12.4 Å². The van der Waals surface area contributed by atoms with Gasteiger partial charge in [-0.05, 0) is 32.0 Å². The lowest BCUT2D eigenvalue weighted by Crippen LogP contribution is -2.35. The van der Waals surface area contributed by atoms with Gasteiger partial charge in [0, 0.05) is 19.2 Å². The Labute approximate surface area is 125 Å². The number of benzene rings is 1. The maximum Gasteiger partial charge on any atom is 0.306 e. The number of piperidine rings is 1. The number of methoxy groups -OCH3 is 1. The van der Waals surface area contributed by atoms with E-state index in [1.54, 1.807) is 7.11 Å². The lowest BCUT2D eigenvalue weighted by atomic mass is 9.97. The summed E-state index contributed by atoms with van der Waals surface area (Å²) in [4.78, 5) is 13.3. The predicted molar refractivity (Wildman–Crippen MR) is 79.4 cm³/mol. The number of hydrogen-bond acceptors (Lipinski definition) is 4. The Kier molecular flexibility index (Phi) is 6.02. The van der Waals surface area contributed by atoms with Crippen molar-refractivity contribution in [2.24, 2.45) is 5.92 Å². The molecule has 1 heterocycles. The summed E-state index contributed by atoms with van der Waals surface area (Å²) in [6.45, 7) is 3.55. The zero-order valence-corrected chi connectivity index (χ0v) is 12.5. The first-order chi connectivity index (χ1) is 10.2. The highest BCUT2D eigenvalue weighted by Gasteiger charge is 2.24. The minimum absolute atomic E-state index is 0.186. The van der Waals surface area contributed by atoms with Crippen LogP contribution in [0.15, 0.2) is 24.3 Å². The average Bonchev–Trinajstić information content (AvgIpc) is 2.50. The van der Waals surface area contributed by atoms with Crippen molar-refractivity contribution in [1.82, 2.24) is 4.90 Å². The minimum atomic E-state index is -0.669. The smallest absolute Gasteiger partial charge is 0.306 e. The summed E-state index contributed by atoms with van der Waals surface area (Å²) in [6, 6.07) is 7.99. The molecule has 5 nitrogen and oxygen atoms in total. The molecular formula is C16H23NO4. The maximum atomic E-state index is 11.0. The number of ether oxygens (including phenoxy) is 2. The van der Waals surface area contributed by atoms with E-state index in [-0.39, 0.29) is 5.92 Å². The van der Waals surface area contributed by atoms with Gasteiger partial charge in [-0.2, -0.15) is 0 Å². The molecule has 5 heteroatoms. The van der Waals surface area contributed by atoms with Gasteiger partial charge in [-0.3, -0.25) is 9.69 Å². The van der Waals surface area contributed by atoms with Crippen LogP contribution in [0, 0.1) is 5.92 Å². The predicted octanol–water partition coefficient (Wildman–Crippen LogP) is 2.01. The molecular weight excluding hydrogens is 270 g/mol. The molecule has 0 bridgehead atoms. The van der Waals surface area contributed by atoms with Crippen LogP contribution >= 0.6 is 0 Å². The molecule has 1 aromatic rings. The fourth-order valence-corrected chi connectivity index (χ4v) is 2.59. The quantitative estimate of drug-likeness (QED) is 0.779. The van der Waals surface area contributed by atoms with Crippen molar-refractivity contribution in [2.45, 2.75) is 19.4 Å². The van der Waals surface area contributed by atoms with Crippen LogP contribution in [-0.2, 0) is 16.1 Å². The van der Waals surface area contributed by atoms with Gasteiger partial charge < -0.3 is 14.6 Å². The third-order valence-corrected chi connectivity index (χ3v) is 3.85. The molecule has 0 spiro atoms. The Bertz CT molecular complexity index is 455. The Morgan fingerprint density at radius 2 is 2.00 bits per heavy atom. The SMILES string of the molecule is COCCOc1ccccc1CN1CCC(C(=O)O)CC1. The molecule has 1 aromatic carbocycles. The number of likely N-dealkylation sites (tertiary alicyclic amines) is 1. The number of carboxylic acids is 1. The largest absolute Gasteiger partial charge is 0.491 e. The highest BCUT2D eigenvalue weighted by molar-refractivity contribution is 5.70. The van der Waals surface area contributed by atoms with E-state index in [2.05, 4.69) is 11.0 Å². The van der Waals surface area contributed by atoms with Crippen molar-refractivity contribution >= 4 is 5.97 Å². The normalized spacial score (nSPS) is 16.8. The van der Waals surface area contributed by atoms with Crippen molar-refractivity contribution in [3.8, 4) is 5.75 Å². The number of hydrogen-bond donors (Lipinski definition) is 1. The second-order valence-corrected chi connectivity index (χ2v) is 5.34. The van der Waals surface area contributed by atoms with Crippen LogP contribution in [0.25, 0.3) is 0 Å². The molecule has 1 aliphatic rings. The molecule has 0 amide bonds. The highest BCUT2D eigenvalue weighted by Crippen LogP contribution is 2.23. The molecule has 1 fully saturated rings.